The first-order valence-electron chi connectivity index (χ1n) is 12.0. The molecule has 2 aromatic carbocycles. The van der Waals surface area contributed by atoms with Gasteiger partial charge in [0.15, 0.2) is 0 Å². The number of benzene rings is 2. The number of amides is 2. The lowest BCUT2D eigenvalue weighted by Crippen LogP contribution is -2.51. The Morgan fingerprint density at radius 1 is 1.08 bits per heavy atom. The van der Waals surface area contributed by atoms with Crippen LogP contribution >= 0.6 is 0 Å². The van der Waals surface area contributed by atoms with Crippen molar-refractivity contribution in [1.82, 2.24) is 10.2 Å². The molecule has 0 unspecified atom stereocenters. The van der Waals surface area contributed by atoms with E-state index in [0.717, 1.165) is 29.0 Å². The molecule has 0 radical (unpaired) electrons. The number of sulfonamides is 1. The second-order valence-electron chi connectivity index (χ2n) is 8.36. The van der Waals surface area contributed by atoms with Crippen LogP contribution in [0.1, 0.15) is 39.2 Å². The van der Waals surface area contributed by atoms with Crippen molar-refractivity contribution < 1.29 is 27.5 Å². The normalized spacial score (nSPS) is 11.9. The number of hydrogen-bond acceptors (Lipinski definition) is 6. The van der Waals surface area contributed by atoms with E-state index in [4.69, 9.17) is 9.47 Å². The first kappa shape index (κ1) is 29.0. The maximum absolute atomic E-state index is 13.6. The first-order valence-corrected chi connectivity index (χ1v) is 13.9. The minimum absolute atomic E-state index is 0.100. The molecule has 0 spiro atoms. The molecular formula is C26H37N3O6S. The highest BCUT2D eigenvalue weighted by Crippen LogP contribution is 2.30. The summed E-state index contributed by atoms with van der Waals surface area (Å²) in [5.74, 6) is 0.138. The summed E-state index contributed by atoms with van der Waals surface area (Å²) in [7, 11) is -2.30. The standard InChI is InChI=1S/C26H37N3O6S/c1-6-8-16-27-26(31)20(3)28(18-21-12-11-13-22(17-21)34-4)25(30)19-29(36(5,32)33)23-14-9-10-15-24(23)35-7-2/h9-15,17,20H,6-8,16,18-19H2,1-5H3,(H,27,31)/t20-/m0/s1. The van der Waals surface area contributed by atoms with E-state index >= 15 is 0 Å². The summed E-state index contributed by atoms with van der Waals surface area (Å²) in [4.78, 5) is 27.9. The predicted molar refractivity (Wildman–Crippen MR) is 141 cm³/mol. The Balaban J connectivity index is 2.41. The highest BCUT2D eigenvalue weighted by Gasteiger charge is 2.31. The van der Waals surface area contributed by atoms with Gasteiger partial charge in [-0.15, -0.1) is 0 Å². The third-order valence-corrected chi connectivity index (χ3v) is 6.72. The fraction of sp³-hybridized carbons (Fsp3) is 0.462. The topological polar surface area (TPSA) is 105 Å². The smallest absolute Gasteiger partial charge is 0.244 e. The van der Waals surface area contributed by atoms with Crippen molar-refractivity contribution in [2.45, 2.75) is 46.2 Å². The zero-order valence-electron chi connectivity index (χ0n) is 21.7. The maximum atomic E-state index is 13.6. The highest BCUT2D eigenvalue weighted by molar-refractivity contribution is 7.92. The molecule has 0 fully saturated rings. The lowest BCUT2D eigenvalue weighted by Gasteiger charge is -2.32. The van der Waals surface area contributed by atoms with Gasteiger partial charge in [0.1, 0.15) is 24.1 Å². The number of carbonyl (C=O) groups excluding carboxylic acids is 2. The molecule has 0 aliphatic rings. The van der Waals surface area contributed by atoms with E-state index in [-0.39, 0.29) is 18.1 Å². The van der Waals surface area contributed by atoms with E-state index in [0.29, 0.717) is 24.7 Å². The number of carbonyl (C=O) groups is 2. The van der Waals surface area contributed by atoms with E-state index in [1.54, 1.807) is 63.4 Å². The molecule has 10 heteroatoms. The quantitative estimate of drug-likeness (QED) is 0.385. The van der Waals surface area contributed by atoms with Crippen LogP contribution in [0.15, 0.2) is 48.5 Å². The molecule has 0 aromatic heterocycles. The molecule has 2 aromatic rings. The van der Waals surface area contributed by atoms with Crippen LogP contribution in [0, 0.1) is 0 Å². The van der Waals surface area contributed by atoms with Crippen molar-refractivity contribution in [3.05, 3.63) is 54.1 Å². The molecule has 2 rings (SSSR count). The van der Waals surface area contributed by atoms with Crippen molar-refractivity contribution in [2.24, 2.45) is 0 Å². The lowest BCUT2D eigenvalue weighted by atomic mass is 10.1. The van der Waals surface area contributed by atoms with Gasteiger partial charge in [0, 0.05) is 13.1 Å². The van der Waals surface area contributed by atoms with Crippen LogP contribution in [0.4, 0.5) is 5.69 Å². The van der Waals surface area contributed by atoms with E-state index in [1.165, 1.54) is 4.90 Å². The summed E-state index contributed by atoms with van der Waals surface area (Å²) in [5, 5.41) is 2.86. The number of unbranched alkanes of at least 4 members (excludes halogenated alkanes) is 1. The summed E-state index contributed by atoms with van der Waals surface area (Å²) in [6.45, 7) is 5.90. The van der Waals surface area contributed by atoms with E-state index in [1.807, 2.05) is 13.0 Å². The van der Waals surface area contributed by atoms with Crippen LogP contribution in [0.3, 0.4) is 0 Å². The van der Waals surface area contributed by atoms with Crippen molar-refractivity contribution in [2.75, 3.05) is 37.4 Å². The average molecular weight is 520 g/mol. The largest absolute Gasteiger partial charge is 0.497 e. The van der Waals surface area contributed by atoms with Crippen LogP contribution in [0.5, 0.6) is 11.5 Å². The van der Waals surface area contributed by atoms with E-state index < -0.39 is 28.5 Å². The Bertz CT molecular complexity index is 1120. The number of ether oxygens (including phenoxy) is 2. The Hall–Kier alpha value is -3.27. The van der Waals surface area contributed by atoms with Gasteiger partial charge in [-0.25, -0.2) is 8.42 Å². The molecule has 198 valence electrons. The molecule has 1 N–H and O–H groups in total. The molecule has 0 heterocycles. The van der Waals surface area contributed by atoms with Crippen LogP contribution in [0.2, 0.25) is 0 Å². The van der Waals surface area contributed by atoms with Crippen LogP contribution < -0.4 is 19.1 Å². The predicted octanol–water partition coefficient (Wildman–Crippen LogP) is 3.19. The SMILES string of the molecule is CCCCNC(=O)[C@H](C)N(Cc1cccc(OC)c1)C(=O)CN(c1ccccc1OCC)S(C)(=O)=O. The number of para-hydroxylation sites is 2. The van der Waals surface area contributed by atoms with Crippen molar-refractivity contribution in [1.29, 1.82) is 0 Å². The van der Waals surface area contributed by atoms with Gasteiger partial charge in [0.05, 0.1) is 25.7 Å². The Morgan fingerprint density at radius 2 is 1.81 bits per heavy atom. The first-order chi connectivity index (χ1) is 17.1. The minimum atomic E-state index is -3.85. The number of hydrogen-bond donors (Lipinski definition) is 1. The van der Waals surface area contributed by atoms with E-state index in [2.05, 4.69) is 5.32 Å². The lowest BCUT2D eigenvalue weighted by molar-refractivity contribution is -0.139. The molecule has 0 saturated carbocycles. The van der Waals surface area contributed by atoms with Crippen molar-refractivity contribution in [3.8, 4) is 11.5 Å². The van der Waals surface area contributed by atoms with Gasteiger partial charge in [-0.2, -0.15) is 0 Å². The van der Waals surface area contributed by atoms with Gasteiger partial charge in [-0.1, -0.05) is 37.6 Å². The van der Waals surface area contributed by atoms with Gasteiger partial charge < -0.3 is 19.7 Å². The van der Waals surface area contributed by atoms with Gasteiger partial charge in [0.25, 0.3) is 0 Å². The molecule has 2 amide bonds. The maximum Gasteiger partial charge on any atom is 0.244 e. The highest BCUT2D eigenvalue weighted by atomic mass is 32.2. The number of methoxy groups -OCH3 is 1. The van der Waals surface area contributed by atoms with Gasteiger partial charge >= 0.3 is 0 Å². The number of anilines is 1. The second kappa shape index (κ2) is 13.7. The summed E-state index contributed by atoms with van der Waals surface area (Å²) in [6.07, 6.45) is 2.78. The van der Waals surface area contributed by atoms with Crippen molar-refractivity contribution >= 4 is 27.5 Å². The van der Waals surface area contributed by atoms with Gasteiger partial charge in [0.2, 0.25) is 21.8 Å². The van der Waals surface area contributed by atoms with Crippen LogP contribution in [0.25, 0.3) is 0 Å². The fourth-order valence-corrected chi connectivity index (χ4v) is 4.47. The molecule has 1 atom stereocenters. The van der Waals surface area contributed by atoms with Gasteiger partial charge in [-0.05, 0) is 50.1 Å². The molecule has 0 bridgehead atoms. The molecule has 9 nitrogen and oxygen atoms in total. The molecule has 0 saturated heterocycles. The Morgan fingerprint density at radius 3 is 2.44 bits per heavy atom. The molecule has 0 aliphatic carbocycles. The Kier molecular flexibility index (Phi) is 11.0. The number of nitrogens with one attached hydrogen (secondary N) is 1. The summed E-state index contributed by atoms with van der Waals surface area (Å²) in [6, 6.07) is 13.0. The second-order valence-corrected chi connectivity index (χ2v) is 10.3. The average Bonchev–Trinajstić information content (AvgIpc) is 2.85. The van der Waals surface area contributed by atoms with Crippen LogP contribution in [-0.2, 0) is 26.2 Å². The monoisotopic (exact) mass is 519 g/mol. The number of rotatable bonds is 14. The zero-order valence-corrected chi connectivity index (χ0v) is 22.5. The van der Waals surface area contributed by atoms with E-state index in [9.17, 15) is 18.0 Å². The minimum Gasteiger partial charge on any atom is -0.497 e. The zero-order chi connectivity index (χ0) is 26.7. The molecule has 0 aliphatic heterocycles. The summed E-state index contributed by atoms with van der Waals surface area (Å²) >= 11 is 0. The third-order valence-electron chi connectivity index (χ3n) is 5.60. The number of nitrogens with zero attached hydrogens (tertiary/aromatic N) is 2. The third kappa shape index (κ3) is 8.15. The van der Waals surface area contributed by atoms with Crippen LogP contribution in [-0.4, -0.2) is 64.2 Å². The van der Waals surface area contributed by atoms with Gasteiger partial charge in [-0.3, -0.25) is 13.9 Å². The summed E-state index contributed by atoms with van der Waals surface area (Å²) < 4.78 is 37.5. The molecule has 36 heavy (non-hydrogen) atoms. The van der Waals surface area contributed by atoms with Crippen molar-refractivity contribution in [3.63, 3.8) is 0 Å². The summed E-state index contributed by atoms with van der Waals surface area (Å²) in [5.41, 5.74) is 1.01. The molecular weight excluding hydrogens is 482 g/mol. The Labute approximate surface area is 214 Å². The fourth-order valence-electron chi connectivity index (χ4n) is 3.62.